The van der Waals surface area contributed by atoms with E-state index in [4.69, 9.17) is 0 Å². The Balaban J connectivity index is 2.18. The highest BCUT2D eigenvalue weighted by Gasteiger charge is 2.14. The van der Waals surface area contributed by atoms with Crippen molar-refractivity contribution in [2.24, 2.45) is 0 Å². The Morgan fingerprint density at radius 1 is 1.05 bits per heavy atom. The molecule has 2 aromatic carbocycles. The normalized spacial score (nSPS) is 11.3. The van der Waals surface area contributed by atoms with Crippen LogP contribution in [0.3, 0.4) is 0 Å². The number of hydrogen-bond acceptors (Lipinski definition) is 1. The van der Waals surface area contributed by atoms with E-state index in [1.54, 1.807) is 13.0 Å². The van der Waals surface area contributed by atoms with Crippen molar-refractivity contribution in [1.29, 1.82) is 0 Å². The van der Waals surface area contributed by atoms with Gasteiger partial charge in [0.25, 0.3) is 5.91 Å². The van der Waals surface area contributed by atoms with E-state index in [0.717, 1.165) is 5.56 Å². The van der Waals surface area contributed by atoms with E-state index in [-0.39, 0.29) is 11.3 Å². The molecule has 1 amide bonds. The van der Waals surface area contributed by atoms with Crippen LogP contribution in [0.25, 0.3) is 0 Å². The first-order valence-corrected chi connectivity index (χ1v) is 6.95. The Morgan fingerprint density at radius 3 is 2.24 bits per heavy atom. The van der Waals surface area contributed by atoms with Gasteiger partial charge in [0.1, 0.15) is 5.82 Å². The molecule has 0 bridgehead atoms. The summed E-state index contributed by atoms with van der Waals surface area (Å²) in [6, 6.07) is 11.9. The van der Waals surface area contributed by atoms with Gasteiger partial charge in [0.15, 0.2) is 0 Å². The van der Waals surface area contributed by atoms with Crippen molar-refractivity contribution in [1.82, 2.24) is 0 Å². The van der Waals surface area contributed by atoms with Gasteiger partial charge in [-0.3, -0.25) is 4.79 Å². The minimum absolute atomic E-state index is 0.0711. The molecule has 2 rings (SSSR count). The number of hydrogen-bond donors (Lipinski definition) is 1. The second-order valence-corrected chi connectivity index (χ2v) is 6.24. The van der Waals surface area contributed by atoms with Crippen molar-refractivity contribution in [2.75, 3.05) is 5.32 Å². The van der Waals surface area contributed by atoms with E-state index in [2.05, 4.69) is 26.1 Å². The third-order valence-electron chi connectivity index (χ3n) is 3.45. The van der Waals surface area contributed by atoms with Crippen molar-refractivity contribution in [3.05, 3.63) is 65.0 Å². The van der Waals surface area contributed by atoms with Gasteiger partial charge in [0.2, 0.25) is 0 Å². The Bertz CT molecular complexity index is 654. The Morgan fingerprint density at radius 2 is 1.67 bits per heavy atom. The molecule has 3 heteroatoms. The predicted molar refractivity (Wildman–Crippen MR) is 84.2 cm³/mol. The monoisotopic (exact) mass is 285 g/mol. The van der Waals surface area contributed by atoms with Gasteiger partial charge in [0, 0.05) is 11.3 Å². The first kappa shape index (κ1) is 15.2. The Labute approximate surface area is 125 Å². The number of halogens is 1. The smallest absolute Gasteiger partial charge is 0.256 e. The van der Waals surface area contributed by atoms with E-state index < -0.39 is 5.82 Å². The maximum Gasteiger partial charge on any atom is 0.256 e. The zero-order chi connectivity index (χ0) is 15.6. The molecule has 0 spiro atoms. The number of amides is 1. The lowest BCUT2D eigenvalue weighted by Gasteiger charge is -2.19. The van der Waals surface area contributed by atoms with Crippen LogP contribution in [0.2, 0.25) is 0 Å². The van der Waals surface area contributed by atoms with E-state index in [9.17, 15) is 9.18 Å². The van der Waals surface area contributed by atoms with Gasteiger partial charge in [0.05, 0.1) is 0 Å². The molecular weight excluding hydrogens is 265 g/mol. The van der Waals surface area contributed by atoms with Crippen LogP contribution in [-0.2, 0) is 5.41 Å². The minimum Gasteiger partial charge on any atom is -0.322 e. The molecule has 2 nitrogen and oxygen atoms in total. The summed E-state index contributed by atoms with van der Waals surface area (Å²) in [6.07, 6.45) is 0. The second kappa shape index (κ2) is 5.68. The van der Waals surface area contributed by atoms with Gasteiger partial charge in [-0.05, 0) is 47.7 Å². The molecule has 0 saturated carbocycles. The van der Waals surface area contributed by atoms with Crippen LogP contribution in [0.1, 0.15) is 42.3 Å². The van der Waals surface area contributed by atoms with Gasteiger partial charge in [-0.1, -0.05) is 39.0 Å². The van der Waals surface area contributed by atoms with E-state index in [0.29, 0.717) is 11.3 Å². The van der Waals surface area contributed by atoms with Gasteiger partial charge >= 0.3 is 0 Å². The summed E-state index contributed by atoms with van der Waals surface area (Å²) in [5.74, 6) is -0.704. The highest BCUT2D eigenvalue weighted by Crippen LogP contribution is 2.23. The number of aryl methyl sites for hydroxylation is 1. The fourth-order valence-electron chi connectivity index (χ4n) is 2.09. The predicted octanol–water partition coefficient (Wildman–Crippen LogP) is 4.68. The summed E-state index contributed by atoms with van der Waals surface area (Å²) < 4.78 is 13.3. The van der Waals surface area contributed by atoms with Gasteiger partial charge < -0.3 is 5.32 Å². The van der Waals surface area contributed by atoms with E-state index in [1.807, 2.05) is 24.3 Å². The molecule has 0 unspecified atom stereocenters. The lowest BCUT2D eigenvalue weighted by Crippen LogP contribution is -2.14. The summed E-state index contributed by atoms with van der Waals surface area (Å²) in [6.45, 7) is 8.20. The van der Waals surface area contributed by atoms with E-state index >= 15 is 0 Å². The molecule has 0 aliphatic rings. The van der Waals surface area contributed by atoms with Crippen LogP contribution in [0, 0.1) is 12.7 Å². The maximum absolute atomic E-state index is 13.3. The molecule has 21 heavy (non-hydrogen) atoms. The molecule has 0 atom stereocenters. The largest absolute Gasteiger partial charge is 0.322 e. The van der Waals surface area contributed by atoms with Crippen molar-refractivity contribution in [2.45, 2.75) is 33.1 Å². The molecule has 0 aromatic heterocycles. The van der Waals surface area contributed by atoms with Gasteiger partial charge in [-0.25, -0.2) is 4.39 Å². The molecule has 0 fully saturated rings. The van der Waals surface area contributed by atoms with Gasteiger partial charge in [-0.15, -0.1) is 0 Å². The van der Waals surface area contributed by atoms with Crippen LogP contribution in [0.15, 0.2) is 42.5 Å². The highest BCUT2D eigenvalue weighted by molar-refractivity contribution is 6.05. The van der Waals surface area contributed by atoms with Crippen LogP contribution < -0.4 is 5.32 Å². The lowest BCUT2D eigenvalue weighted by atomic mass is 9.87. The summed E-state index contributed by atoms with van der Waals surface area (Å²) >= 11 is 0. The summed E-state index contributed by atoms with van der Waals surface area (Å²) in [5.41, 5.74) is 3.08. The standard InChI is InChI=1S/C18H20FNO/c1-12-5-8-14(19)11-16(12)17(21)20-15-9-6-13(7-10-15)18(2,3)4/h5-11H,1-4H3,(H,20,21). The third-order valence-corrected chi connectivity index (χ3v) is 3.45. The SMILES string of the molecule is Cc1ccc(F)cc1C(=O)Nc1ccc(C(C)(C)C)cc1. The topological polar surface area (TPSA) is 29.1 Å². The van der Waals surface area contributed by atoms with E-state index in [1.165, 1.54) is 17.7 Å². The van der Waals surface area contributed by atoms with Crippen molar-refractivity contribution < 1.29 is 9.18 Å². The molecule has 0 saturated heterocycles. The van der Waals surface area contributed by atoms with Gasteiger partial charge in [-0.2, -0.15) is 0 Å². The summed E-state index contributed by atoms with van der Waals surface area (Å²) in [5, 5.41) is 2.80. The molecule has 110 valence electrons. The minimum atomic E-state index is -0.408. The number of benzene rings is 2. The number of carbonyl (C=O) groups is 1. The molecular formula is C18H20FNO. The summed E-state index contributed by atoms with van der Waals surface area (Å²) in [4.78, 5) is 12.2. The number of nitrogens with one attached hydrogen (secondary N) is 1. The molecule has 0 radical (unpaired) electrons. The fraction of sp³-hybridized carbons (Fsp3) is 0.278. The number of anilines is 1. The average Bonchev–Trinajstić information content (AvgIpc) is 2.41. The van der Waals surface area contributed by atoms with Crippen molar-refractivity contribution in [3.8, 4) is 0 Å². The molecule has 0 aliphatic heterocycles. The molecule has 2 aromatic rings. The first-order valence-electron chi connectivity index (χ1n) is 6.95. The maximum atomic E-state index is 13.3. The molecule has 0 heterocycles. The number of rotatable bonds is 2. The zero-order valence-electron chi connectivity index (χ0n) is 12.8. The Hall–Kier alpha value is -2.16. The van der Waals surface area contributed by atoms with Crippen LogP contribution in [0.4, 0.5) is 10.1 Å². The van der Waals surface area contributed by atoms with Crippen molar-refractivity contribution in [3.63, 3.8) is 0 Å². The quantitative estimate of drug-likeness (QED) is 0.852. The highest BCUT2D eigenvalue weighted by atomic mass is 19.1. The number of carbonyl (C=O) groups excluding carboxylic acids is 1. The third kappa shape index (κ3) is 3.69. The molecule has 1 N–H and O–H groups in total. The fourth-order valence-corrected chi connectivity index (χ4v) is 2.09. The molecule has 0 aliphatic carbocycles. The lowest BCUT2D eigenvalue weighted by molar-refractivity contribution is 0.102. The average molecular weight is 285 g/mol. The second-order valence-electron chi connectivity index (χ2n) is 6.24. The Kier molecular flexibility index (Phi) is 4.12. The first-order chi connectivity index (χ1) is 9.77. The van der Waals surface area contributed by atoms with Crippen LogP contribution in [-0.4, -0.2) is 5.91 Å². The van der Waals surface area contributed by atoms with Crippen LogP contribution >= 0.6 is 0 Å². The summed E-state index contributed by atoms with van der Waals surface area (Å²) in [7, 11) is 0. The van der Waals surface area contributed by atoms with Crippen LogP contribution in [0.5, 0.6) is 0 Å². The zero-order valence-corrected chi connectivity index (χ0v) is 12.8. The van der Waals surface area contributed by atoms with Crippen molar-refractivity contribution >= 4 is 11.6 Å².